The van der Waals surface area contributed by atoms with E-state index < -0.39 is 0 Å². The van der Waals surface area contributed by atoms with Crippen LogP contribution >= 0.6 is 0 Å². The second-order valence-electron chi connectivity index (χ2n) is 5.81. The fraction of sp³-hybridized carbons (Fsp3) is 0.333. The van der Waals surface area contributed by atoms with Gasteiger partial charge in [0.15, 0.2) is 12.0 Å². The molecule has 1 aliphatic heterocycles. The Morgan fingerprint density at radius 1 is 1.13 bits per heavy atom. The lowest BCUT2D eigenvalue weighted by Crippen LogP contribution is -2.48. The summed E-state index contributed by atoms with van der Waals surface area (Å²) in [5.74, 6) is 1.17. The highest BCUT2D eigenvalue weighted by Gasteiger charge is 2.20. The maximum atomic E-state index is 11.4. The van der Waals surface area contributed by atoms with E-state index >= 15 is 0 Å². The Labute approximate surface area is 135 Å². The SMILES string of the molecule is CC(=O)N1CCN(c2ccc(-c3ccc(C=O)o3)cc2C)CC1. The number of hydrogen-bond donors (Lipinski definition) is 0. The molecule has 0 bridgehead atoms. The number of amides is 1. The van der Waals surface area contributed by atoms with Gasteiger partial charge in [-0.2, -0.15) is 0 Å². The van der Waals surface area contributed by atoms with Gasteiger partial charge in [0.1, 0.15) is 5.76 Å². The van der Waals surface area contributed by atoms with Crippen molar-refractivity contribution < 1.29 is 14.0 Å². The van der Waals surface area contributed by atoms with Gasteiger partial charge in [0, 0.05) is 44.4 Å². The average Bonchev–Trinajstić information content (AvgIpc) is 3.04. The quantitative estimate of drug-likeness (QED) is 0.818. The Morgan fingerprint density at radius 3 is 2.43 bits per heavy atom. The van der Waals surface area contributed by atoms with Crippen molar-refractivity contribution in [2.45, 2.75) is 13.8 Å². The minimum absolute atomic E-state index is 0.139. The number of anilines is 1. The van der Waals surface area contributed by atoms with Crippen LogP contribution in [0.15, 0.2) is 34.7 Å². The first-order valence-corrected chi connectivity index (χ1v) is 7.75. The predicted octanol–water partition coefficient (Wildman–Crippen LogP) is 2.74. The molecule has 0 spiro atoms. The van der Waals surface area contributed by atoms with Crippen molar-refractivity contribution in [2.75, 3.05) is 31.1 Å². The lowest BCUT2D eigenvalue weighted by molar-refractivity contribution is -0.129. The van der Waals surface area contributed by atoms with Crippen molar-refractivity contribution in [3.8, 4) is 11.3 Å². The zero-order valence-electron chi connectivity index (χ0n) is 13.4. The number of nitrogens with zero attached hydrogens (tertiary/aromatic N) is 2. The number of carbonyl (C=O) groups is 2. The second-order valence-corrected chi connectivity index (χ2v) is 5.81. The van der Waals surface area contributed by atoms with E-state index in [1.165, 1.54) is 5.69 Å². The van der Waals surface area contributed by atoms with Gasteiger partial charge in [0.05, 0.1) is 0 Å². The number of aryl methyl sites for hydroxylation is 1. The molecule has 2 heterocycles. The number of aldehydes is 1. The second kappa shape index (κ2) is 6.28. The monoisotopic (exact) mass is 312 g/mol. The third-order valence-electron chi connectivity index (χ3n) is 4.29. The summed E-state index contributed by atoms with van der Waals surface area (Å²) in [5, 5.41) is 0. The maximum absolute atomic E-state index is 11.4. The summed E-state index contributed by atoms with van der Waals surface area (Å²) in [6.07, 6.45) is 0.708. The zero-order valence-corrected chi connectivity index (χ0v) is 13.4. The van der Waals surface area contributed by atoms with Crippen LogP contribution in [0.2, 0.25) is 0 Å². The molecule has 3 rings (SSSR count). The van der Waals surface area contributed by atoms with Gasteiger partial charge in [-0.1, -0.05) is 0 Å². The number of hydrogen-bond acceptors (Lipinski definition) is 4. The summed E-state index contributed by atoms with van der Waals surface area (Å²) in [6, 6.07) is 9.64. The molecule has 1 amide bonds. The molecule has 5 heteroatoms. The molecular formula is C18H20N2O3. The molecule has 0 N–H and O–H groups in total. The minimum atomic E-state index is 0.139. The number of rotatable bonds is 3. The Balaban J connectivity index is 1.77. The van der Waals surface area contributed by atoms with Gasteiger partial charge in [0.25, 0.3) is 0 Å². The van der Waals surface area contributed by atoms with E-state index in [4.69, 9.17) is 4.42 Å². The van der Waals surface area contributed by atoms with Crippen LogP contribution in [-0.4, -0.2) is 43.3 Å². The molecule has 5 nitrogen and oxygen atoms in total. The van der Waals surface area contributed by atoms with E-state index in [1.807, 2.05) is 17.0 Å². The first-order valence-electron chi connectivity index (χ1n) is 7.75. The Bertz CT molecular complexity index is 728. The summed E-state index contributed by atoms with van der Waals surface area (Å²) >= 11 is 0. The highest BCUT2D eigenvalue weighted by Crippen LogP contribution is 2.28. The molecule has 0 aliphatic carbocycles. The Morgan fingerprint density at radius 2 is 1.87 bits per heavy atom. The first kappa shape index (κ1) is 15.3. The number of benzene rings is 1. The van der Waals surface area contributed by atoms with Crippen molar-refractivity contribution in [1.82, 2.24) is 4.90 Å². The predicted molar refractivity (Wildman–Crippen MR) is 88.7 cm³/mol. The average molecular weight is 312 g/mol. The maximum Gasteiger partial charge on any atom is 0.219 e. The number of piperazine rings is 1. The number of furan rings is 1. The van der Waals surface area contributed by atoms with Crippen LogP contribution in [0, 0.1) is 6.92 Å². The van der Waals surface area contributed by atoms with E-state index in [2.05, 4.69) is 24.0 Å². The van der Waals surface area contributed by atoms with E-state index in [0.29, 0.717) is 17.8 Å². The van der Waals surface area contributed by atoms with E-state index in [9.17, 15) is 9.59 Å². The van der Waals surface area contributed by atoms with Gasteiger partial charge in [-0.25, -0.2) is 0 Å². The Kier molecular flexibility index (Phi) is 4.19. The van der Waals surface area contributed by atoms with Crippen LogP contribution in [0.1, 0.15) is 23.0 Å². The van der Waals surface area contributed by atoms with Crippen molar-refractivity contribution in [2.24, 2.45) is 0 Å². The summed E-state index contributed by atoms with van der Waals surface area (Å²) < 4.78 is 5.47. The first-order chi connectivity index (χ1) is 11.1. The number of carbonyl (C=O) groups excluding carboxylic acids is 2. The molecule has 0 atom stereocenters. The summed E-state index contributed by atoms with van der Waals surface area (Å²) in [4.78, 5) is 26.3. The molecule has 1 aromatic carbocycles. The van der Waals surface area contributed by atoms with Crippen LogP contribution in [0.5, 0.6) is 0 Å². The van der Waals surface area contributed by atoms with Crippen LogP contribution in [0.4, 0.5) is 5.69 Å². The van der Waals surface area contributed by atoms with E-state index in [0.717, 1.165) is 37.3 Å². The lowest BCUT2D eigenvalue weighted by atomic mass is 10.1. The topological polar surface area (TPSA) is 53.8 Å². The zero-order chi connectivity index (χ0) is 16.4. The van der Waals surface area contributed by atoms with Crippen LogP contribution in [-0.2, 0) is 4.79 Å². The molecule has 1 aromatic heterocycles. The van der Waals surface area contributed by atoms with E-state index in [-0.39, 0.29) is 5.91 Å². The largest absolute Gasteiger partial charge is 0.453 e. The molecule has 1 fully saturated rings. The summed E-state index contributed by atoms with van der Waals surface area (Å²) in [5.41, 5.74) is 3.30. The summed E-state index contributed by atoms with van der Waals surface area (Å²) in [7, 11) is 0. The van der Waals surface area contributed by atoms with Gasteiger partial charge < -0.3 is 14.2 Å². The van der Waals surface area contributed by atoms with Crippen LogP contribution in [0.3, 0.4) is 0 Å². The van der Waals surface area contributed by atoms with Crippen molar-refractivity contribution in [1.29, 1.82) is 0 Å². The third-order valence-corrected chi connectivity index (χ3v) is 4.29. The molecule has 0 saturated carbocycles. The highest BCUT2D eigenvalue weighted by atomic mass is 16.3. The lowest BCUT2D eigenvalue weighted by Gasteiger charge is -2.36. The third kappa shape index (κ3) is 3.13. The molecule has 1 aliphatic rings. The van der Waals surface area contributed by atoms with E-state index in [1.54, 1.807) is 13.0 Å². The van der Waals surface area contributed by atoms with Gasteiger partial charge in [-0.3, -0.25) is 9.59 Å². The Hall–Kier alpha value is -2.56. The minimum Gasteiger partial charge on any atom is -0.453 e. The molecule has 0 radical (unpaired) electrons. The highest BCUT2D eigenvalue weighted by molar-refractivity contribution is 5.74. The molecule has 120 valence electrons. The van der Waals surface area contributed by atoms with Gasteiger partial charge >= 0.3 is 0 Å². The molecule has 0 unspecified atom stereocenters. The molecular weight excluding hydrogens is 292 g/mol. The van der Waals surface area contributed by atoms with Crippen LogP contribution in [0.25, 0.3) is 11.3 Å². The molecule has 1 saturated heterocycles. The standard InChI is InChI=1S/C18H20N2O3/c1-13-11-15(18-6-4-16(12-21)23-18)3-5-17(13)20-9-7-19(8-10-20)14(2)22/h3-6,11-12H,7-10H2,1-2H3. The van der Waals surface area contributed by atoms with Gasteiger partial charge in [-0.15, -0.1) is 0 Å². The fourth-order valence-electron chi connectivity index (χ4n) is 3.00. The molecule has 23 heavy (non-hydrogen) atoms. The van der Waals surface area contributed by atoms with Gasteiger partial charge in [-0.05, 0) is 42.8 Å². The van der Waals surface area contributed by atoms with Crippen molar-refractivity contribution >= 4 is 17.9 Å². The summed E-state index contributed by atoms with van der Waals surface area (Å²) in [6.45, 7) is 6.90. The van der Waals surface area contributed by atoms with Crippen LogP contribution < -0.4 is 4.90 Å². The van der Waals surface area contributed by atoms with Crippen molar-refractivity contribution in [3.05, 3.63) is 41.7 Å². The van der Waals surface area contributed by atoms with Gasteiger partial charge in [0.2, 0.25) is 5.91 Å². The fourth-order valence-corrected chi connectivity index (χ4v) is 3.00. The molecule has 2 aromatic rings. The smallest absolute Gasteiger partial charge is 0.219 e. The normalized spacial score (nSPS) is 14.9. The van der Waals surface area contributed by atoms with Crippen molar-refractivity contribution in [3.63, 3.8) is 0 Å².